The van der Waals surface area contributed by atoms with Gasteiger partial charge in [0, 0.05) is 7.05 Å². The van der Waals surface area contributed by atoms with Gasteiger partial charge < -0.3 is 5.11 Å². The highest BCUT2D eigenvalue weighted by Crippen LogP contribution is 1.74. The van der Waals surface area contributed by atoms with Crippen LogP contribution in [0.4, 0.5) is 0 Å². The maximum Gasteiger partial charge on any atom is 0.175 e. The van der Waals surface area contributed by atoms with E-state index in [2.05, 4.69) is 5.32 Å². The first-order valence-corrected chi connectivity index (χ1v) is 2.57. The second kappa shape index (κ2) is 3.80. The van der Waals surface area contributed by atoms with E-state index < -0.39 is 6.35 Å². The van der Waals surface area contributed by atoms with E-state index in [1.54, 1.807) is 7.05 Å². The molecule has 0 saturated carbocycles. The number of nitrogens with one attached hydrogen (secondary N) is 1. The van der Waals surface area contributed by atoms with Crippen LogP contribution in [0.1, 0.15) is 6.92 Å². The standard InChI is InChI=1S/C4H13N3O/c1-3-6-4(8)7(2)5/h4,6,8H,3,5H2,1-2H3. The van der Waals surface area contributed by atoms with Crippen LogP contribution in [0.2, 0.25) is 0 Å². The number of hydrogen-bond donors (Lipinski definition) is 3. The Kier molecular flexibility index (Phi) is 3.72. The van der Waals surface area contributed by atoms with Gasteiger partial charge in [-0.3, -0.25) is 11.2 Å². The molecule has 1 atom stereocenters. The van der Waals surface area contributed by atoms with E-state index in [-0.39, 0.29) is 0 Å². The molecule has 0 fully saturated rings. The summed E-state index contributed by atoms with van der Waals surface area (Å²) >= 11 is 0. The number of nitrogens with two attached hydrogens (primary N) is 1. The summed E-state index contributed by atoms with van der Waals surface area (Å²) in [5.74, 6) is 5.14. The Morgan fingerprint density at radius 2 is 2.38 bits per heavy atom. The molecule has 0 amide bonds. The molecule has 50 valence electrons. The van der Waals surface area contributed by atoms with Crippen LogP contribution < -0.4 is 11.2 Å². The lowest BCUT2D eigenvalue weighted by atomic mass is 10.7. The molecule has 0 radical (unpaired) electrons. The molecule has 0 aromatic heterocycles. The summed E-state index contributed by atoms with van der Waals surface area (Å²) in [6.45, 7) is 2.61. The summed E-state index contributed by atoms with van der Waals surface area (Å²) in [5.41, 5.74) is 0. The molecule has 4 heteroatoms. The van der Waals surface area contributed by atoms with E-state index >= 15 is 0 Å². The van der Waals surface area contributed by atoms with Crippen molar-refractivity contribution in [3.05, 3.63) is 0 Å². The van der Waals surface area contributed by atoms with Crippen molar-refractivity contribution < 1.29 is 5.11 Å². The van der Waals surface area contributed by atoms with E-state index in [1.165, 1.54) is 5.01 Å². The van der Waals surface area contributed by atoms with E-state index in [0.29, 0.717) is 6.54 Å². The van der Waals surface area contributed by atoms with Crippen molar-refractivity contribution >= 4 is 0 Å². The van der Waals surface area contributed by atoms with Gasteiger partial charge in [-0.05, 0) is 6.54 Å². The third-order valence-corrected chi connectivity index (χ3v) is 0.772. The maximum absolute atomic E-state index is 8.82. The minimum absolute atomic E-state index is 0.711. The van der Waals surface area contributed by atoms with Crippen LogP contribution in [0.3, 0.4) is 0 Å². The van der Waals surface area contributed by atoms with Crippen molar-refractivity contribution in [1.29, 1.82) is 0 Å². The van der Waals surface area contributed by atoms with Gasteiger partial charge in [-0.2, -0.15) is 0 Å². The average molecular weight is 119 g/mol. The molecule has 0 aromatic carbocycles. The predicted molar refractivity (Wildman–Crippen MR) is 31.6 cm³/mol. The molecule has 8 heavy (non-hydrogen) atoms. The number of aliphatic hydroxyl groups excluding tert-OH is 1. The number of hydrazine groups is 1. The van der Waals surface area contributed by atoms with Crippen molar-refractivity contribution in [2.24, 2.45) is 5.84 Å². The number of rotatable bonds is 3. The molecule has 0 bridgehead atoms. The molecule has 1 unspecified atom stereocenters. The number of hydrogen-bond acceptors (Lipinski definition) is 4. The van der Waals surface area contributed by atoms with Gasteiger partial charge >= 0.3 is 0 Å². The normalized spacial score (nSPS) is 14.6. The van der Waals surface area contributed by atoms with Crippen LogP contribution in [-0.4, -0.2) is 30.1 Å². The quantitative estimate of drug-likeness (QED) is 0.245. The van der Waals surface area contributed by atoms with Gasteiger partial charge in [-0.15, -0.1) is 0 Å². The average Bonchev–Trinajstić information content (AvgIpc) is 1.67. The van der Waals surface area contributed by atoms with Gasteiger partial charge in [0.2, 0.25) is 0 Å². The Labute approximate surface area is 49.2 Å². The van der Waals surface area contributed by atoms with Crippen molar-refractivity contribution in [1.82, 2.24) is 10.3 Å². The Morgan fingerprint density at radius 1 is 1.88 bits per heavy atom. The van der Waals surface area contributed by atoms with E-state index in [0.717, 1.165) is 0 Å². The van der Waals surface area contributed by atoms with Crippen molar-refractivity contribution in [3.8, 4) is 0 Å². The zero-order chi connectivity index (χ0) is 6.57. The summed E-state index contributed by atoms with van der Waals surface area (Å²) in [4.78, 5) is 0. The Hall–Kier alpha value is -0.160. The highest BCUT2D eigenvalue weighted by Gasteiger charge is 2.01. The summed E-state index contributed by atoms with van der Waals surface area (Å²) in [6.07, 6.45) is -0.722. The molecule has 0 saturated heterocycles. The first-order valence-electron chi connectivity index (χ1n) is 2.57. The van der Waals surface area contributed by atoms with E-state index in [9.17, 15) is 0 Å². The van der Waals surface area contributed by atoms with Gasteiger partial charge in [-0.1, -0.05) is 6.92 Å². The summed E-state index contributed by atoms with van der Waals surface area (Å²) in [5, 5.41) is 12.7. The van der Waals surface area contributed by atoms with Crippen molar-refractivity contribution in [2.45, 2.75) is 13.3 Å². The topological polar surface area (TPSA) is 61.5 Å². The zero-order valence-electron chi connectivity index (χ0n) is 5.26. The number of nitrogens with zero attached hydrogens (tertiary/aromatic N) is 1. The highest BCUT2D eigenvalue weighted by atomic mass is 16.3. The van der Waals surface area contributed by atoms with E-state index in [4.69, 9.17) is 10.9 Å². The smallest absolute Gasteiger partial charge is 0.175 e. The summed E-state index contributed by atoms with van der Waals surface area (Å²) < 4.78 is 0. The molecule has 4 N–H and O–H groups in total. The lowest BCUT2D eigenvalue weighted by Crippen LogP contribution is -2.47. The van der Waals surface area contributed by atoms with Crippen LogP contribution in [0.5, 0.6) is 0 Å². The number of aliphatic hydroxyl groups is 1. The molecular formula is C4H13N3O. The third kappa shape index (κ3) is 2.92. The molecule has 0 spiro atoms. The molecule has 0 aliphatic heterocycles. The van der Waals surface area contributed by atoms with Gasteiger partial charge in [0.25, 0.3) is 0 Å². The lowest BCUT2D eigenvalue weighted by molar-refractivity contribution is -0.00451. The largest absolute Gasteiger partial charge is 0.364 e. The second-order valence-corrected chi connectivity index (χ2v) is 1.60. The zero-order valence-corrected chi connectivity index (χ0v) is 5.26. The fraction of sp³-hybridized carbons (Fsp3) is 1.00. The predicted octanol–water partition coefficient (Wildman–Crippen LogP) is -1.32. The molecule has 0 aromatic rings. The maximum atomic E-state index is 8.82. The second-order valence-electron chi connectivity index (χ2n) is 1.60. The van der Waals surface area contributed by atoms with Gasteiger partial charge in [0.05, 0.1) is 0 Å². The fourth-order valence-corrected chi connectivity index (χ4v) is 0.327. The summed E-state index contributed by atoms with van der Waals surface area (Å²) in [6, 6.07) is 0. The minimum atomic E-state index is -0.722. The molecule has 0 rings (SSSR count). The Morgan fingerprint density at radius 3 is 2.50 bits per heavy atom. The van der Waals surface area contributed by atoms with Crippen molar-refractivity contribution in [3.63, 3.8) is 0 Å². The Bertz CT molecular complexity index is 57.2. The van der Waals surface area contributed by atoms with E-state index in [1.807, 2.05) is 6.92 Å². The highest BCUT2D eigenvalue weighted by molar-refractivity contribution is 4.42. The van der Waals surface area contributed by atoms with Gasteiger partial charge in [-0.25, -0.2) is 5.01 Å². The molecule has 0 heterocycles. The SMILES string of the molecule is CCNC(O)N(C)N. The Balaban J connectivity index is 3.17. The molecular weight excluding hydrogens is 106 g/mol. The fourth-order valence-electron chi connectivity index (χ4n) is 0.327. The third-order valence-electron chi connectivity index (χ3n) is 0.772. The minimum Gasteiger partial charge on any atom is -0.364 e. The van der Waals surface area contributed by atoms with Gasteiger partial charge in [0.15, 0.2) is 6.35 Å². The van der Waals surface area contributed by atoms with Crippen LogP contribution in [0.15, 0.2) is 0 Å². The van der Waals surface area contributed by atoms with Crippen LogP contribution >= 0.6 is 0 Å². The molecule has 4 nitrogen and oxygen atoms in total. The van der Waals surface area contributed by atoms with Gasteiger partial charge in [0.1, 0.15) is 0 Å². The first-order chi connectivity index (χ1) is 3.68. The molecule has 0 aliphatic rings. The van der Waals surface area contributed by atoms with Crippen LogP contribution in [-0.2, 0) is 0 Å². The van der Waals surface area contributed by atoms with Crippen LogP contribution in [0, 0.1) is 0 Å². The first kappa shape index (κ1) is 7.84. The molecule has 0 aliphatic carbocycles. The lowest BCUT2D eigenvalue weighted by Gasteiger charge is -2.17. The van der Waals surface area contributed by atoms with Crippen LogP contribution in [0.25, 0.3) is 0 Å². The monoisotopic (exact) mass is 119 g/mol. The summed E-state index contributed by atoms with van der Waals surface area (Å²) in [7, 11) is 1.59. The van der Waals surface area contributed by atoms with Crippen molar-refractivity contribution in [2.75, 3.05) is 13.6 Å².